The monoisotopic (exact) mass is 259 g/mol. The molecule has 1 aromatic rings. The average molecular weight is 260 g/mol. The Morgan fingerprint density at radius 2 is 2.21 bits per heavy atom. The molecule has 0 bridgehead atoms. The Morgan fingerprint density at radius 1 is 1.43 bits per heavy atom. The molecular formula is C10H14BrNO2. The summed E-state index contributed by atoms with van der Waals surface area (Å²) in [5, 5.41) is 0. The fourth-order valence-corrected chi connectivity index (χ4v) is 1.28. The first-order chi connectivity index (χ1) is 6.70. The minimum absolute atomic E-state index is 0.250. The van der Waals surface area contributed by atoms with Gasteiger partial charge in [-0.2, -0.15) is 0 Å². The molecule has 0 saturated carbocycles. The van der Waals surface area contributed by atoms with E-state index in [1.54, 1.807) is 12.4 Å². The van der Waals surface area contributed by atoms with Gasteiger partial charge in [-0.05, 0) is 35.8 Å². The van der Waals surface area contributed by atoms with Gasteiger partial charge in [0.15, 0.2) is 0 Å². The summed E-state index contributed by atoms with van der Waals surface area (Å²) >= 11 is 3.35. The van der Waals surface area contributed by atoms with Gasteiger partial charge in [-0.15, -0.1) is 0 Å². The smallest absolute Gasteiger partial charge is 0.136 e. The van der Waals surface area contributed by atoms with Crippen LogP contribution in [-0.2, 0) is 4.74 Å². The molecular weight excluding hydrogens is 246 g/mol. The maximum absolute atomic E-state index is 5.48. The van der Waals surface area contributed by atoms with Crippen LogP contribution in [0.15, 0.2) is 22.9 Å². The molecule has 3 nitrogen and oxygen atoms in total. The zero-order valence-corrected chi connectivity index (χ0v) is 9.95. The molecule has 78 valence electrons. The van der Waals surface area contributed by atoms with Crippen molar-refractivity contribution in [3.8, 4) is 5.75 Å². The fourth-order valence-electron chi connectivity index (χ4n) is 0.915. The van der Waals surface area contributed by atoms with Crippen molar-refractivity contribution in [1.82, 2.24) is 4.98 Å². The summed E-state index contributed by atoms with van der Waals surface area (Å²) in [4.78, 5) is 3.94. The van der Waals surface area contributed by atoms with Gasteiger partial charge in [-0.1, -0.05) is 0 Å². The third-order valence-corrected chi connectivity index (χ3v) is 2.12. The lowest BCUT2D eigenvalue weighted by molar-refractivity contribution is 0.0551. The van der Waals surface area contributed by atoms with Crippen LogP contribution in [0.25, 0.3) is 0 Å². The van der Waals surface area contributed by atoms with Gasteiger partial charge in [0.25, 0.3) is 0 Å². The molecule has 0 aliphatic carbocycles. The minimum atomic E-state index is 0.250. The highest BCUT2D eigenvalue weighted by molar-refractivity contribution is 9.10. The Balaban J connectivity index is 2.28. The predicted octanol–water partition coefficient (Wildman–Crippen LogP) is 2.65. The van der Waals surface area contributed by atoms with Gasteiger partial charge in [-0.25, -0.2) is 0 Å². The van der Waals surface area contributed by atoms with Crippen LogP contribution in [0.1, 0.15) is 13.8 Å². The van der Waals surface area contributed by atoms with Crippen molar-refractivity contribution < 1.29 is 9.47 Å². The van der Waals surface area contributed by atoms with E-state index >= 15 is 0 Å². The minimum Gasteiger partial charge on any atom is -0.490 e. The molecule has 14 heavy (non-hydrogen) atoms. The molecule has 0 spiro atoms. The van der Waals surface area contributed by atoms with Crippen LogP contribution in [0.3, 0.4) is 0 Å². The molecule has 0 aliphatic rings. The number of halogens is 1. The van der Waals surface area contributed by atoms with Gasteiger partial charge in [0, 0.05) is 12.4 Å². The lowest BCUT2D eigenvalue weighted by atomic mass is 10.4. The first-order valence-corrected chi connectivity index (χ1v) is 5.33. The number of hydrogen-bond acceptors (Lipinski definition) is 3. The highest BCUT2D eigenvalue weighted by atomic mass is 79.9. The Kier molecular flexibility index (Phi) is 4.90. The maximum atomic E-state index is 5.48. The van der Waals surface area contributed by atoms with E-state index < -0.39 is 0 Å². The summed E-state index contributed by atoms with van der Waals surface area (Å²) in [6.07, 6.45) is 3.65. The van der Waals surface area contributed by atoms with Gasteiger partial charge in [0.05, 0.1) is 17.2 Å². The summed E-state index contributed by atoms with van der Waals surface area (Å²) in [5.74, 6) is 0.798. The molecule has 0 aromatic carbocycles. The lowest BCUT2D eigenvalue weighted by Crippen LogP contribution is -2.11. The normalized spacial score (nSPS) is 10.6. The third kappa shape index (κ3) is 4.07. The van der Waals surface area contributed by atoms with Crippen LogP contribution < -0.4 is 4.74 Å². The van der Waals surface area contributed by atoms with E-state index in [0.717, 1.165) is 10.2 Å². The predicted molar refractivity (Wildman–Crippen MR) is 58.5 cm³/mol. The van der Waals surface area contributed by atoms with Crippen molar-refractivity contribution in [3.63, 3.8) is 0 Å². The molecule has 0 fully saturated rings. The second-order valence-electron chi connectivity index (χ2n) is 3.07. The van der Waals surface area contributed by atoms with Crippen LogP contribution >= 0.6 is 15.9 Å². The molecule has 0 atom stereocenters. The molecule has 0 N–H and O–H groups in total. The van der Waals surface area contributed by atoms with E-state index in [4.69, 9.17) is 9.47 Å². The van der Waals surface area contributed by atoms with Gasteiger partial charge in [-0.3, -0.25) is 4.98 Å². The van der Waals surface area contributed by atoms with Gasteiger partial charge in [0.2, 0.25) is 0 Å². The zero-order chi connectivity index (χ0) is 10.4. The quantitative estimate of drug-likeness (QED) is 0.762. The van der Waals surface area contributed by atoms with Crippen molar-refractivity contribution in [2.45, 2.75) is 20.0 Å². The number of rotatable bonds is 5. The van der Waals surface area contributed by atoms with Crippen molar-refractivity contribution >= 4 is 15.9 Å². The molecule has 1 heterocycles. The summed E-state index contributed by atoms with van der Waals surface area (Å²) in [6, 6.07) is 1.82. The third-order valence-electron chi connectivity index (χ3n) is 1.53. The molecule has 0 amide bonds. The van der Waals surface area contributed by atoms with Crippen molar-refractivity contribution in [3.05, 3.63) is 22.9 Å². The van der Waals surface area contributed by atoms with Crippen LogP contribution in [0.4, 0.5) is 0 Å². The average Bonchev–Trinajstić information content (AvgIpc) is 2.15. The first kappa shape index (κ1) is 11.5. The highest BCUT2D eigenvalue weighted by Crippen LogP contribution is 2.22. The van der Waals surface area contributed by atoms with Gasteiger partial charge in [0.1, 0.15) is 12.4 Å². The Morgan fingerprint density at radius 3 is 2.86 bits per heavy atom. The Bertz CT molecular complexity index is 279. The van der Waals surface area contributed by atoms with E-state index in [2.05, 4.69) is 20.9 Å². The van der Waals surface area contributed by atoms with Crippen molar-refractivity contribution in [2.75, 3.05) is 13.2 Å². The van der Waals surface area contributed by atoms with Crippen LogP contribution in [-0.4, -0.2) is 24.3 Å². The van der Waals surface area contributed by atoms with Crippen LogP contribution in [0, 0.1) is 0 Å². The Hall–Kier alpha value is -0.610. The SMILES string of the molecule is CC(C)OCCOc1ccncc1Br. The number of nitrogens with zero attached hydrogens (tertiary/aromatic N) is 1. The zero-order valence-electron chi connectivity index (χ0n) is 8.37. The highest BCUT2D eigenvalue weighted by Gasteiger charge is 1.99. The molecule has 0 saturated heterocycles. The molecule has 0 aliphatic heterocycles. The molecule has 1 rings (SSSR count). The second kappa shape index (κ2) is 5.98. The number of ether oxygens (including phenoxy) is 2. The Labute approximate surface area is 92.6 Å². The summed E-state index contributed by atoms with van der Waals surface area (Å²) in [5.41, 5.74) is 0. The van der Waals surface area contributed by atoms with Gasteiger partial charge < -0.3 is 9.47 Å². The standard InChI is InChI=1S/C10H14BrNO2/c1-8(2)13-5-6-14-10-3-4-12-7-9(10)11/h3-4,7-8H,5-6H2,1-2H3. The van der Waals surface area contributed by atoms with E-state index in [9.17, 15) is 0 Å². The van der Waals surface area contributed by atoms with Crippen LogP contribution in [0.5, 0.6) is 5.75 Å². The largest absolute Gasteiger partial charge is 0.490 e. The topological polar surface area (TPSA) is 31.4 Å². The van der Waals surface area contributed by atoms with Crippen molar-refractivity contribution in [1.29, 1.82) is 0 Å². The summed E-state index contributed by atoms with van der Waals surface area (Å²) in [7, 11) is 0. The van der Waals surface area contributed by atoms with Gasteiger partial charge >= 0.3 is 0 Å². The molecule has 1 aromatic heterocycles. The summed E-state index contributed by atoms with van der Waals surface area (Å²) < 4.78 is 11.7. The lowest BCUT2D eigenvalue weighted by Gasteiger charge is -2.09. The molecule has 0 unspecified atom stereocenters. The maximum Gasteiger partial charge on any atom is 0.136 e. The molecule has 0 radical (unpaired) electrons. The van der Waals surface area contributed by atoms with Crippen LogP contribution in [0.2, 0.25) is 0 Å². The number of hydrogen-bond donors (Lipinski definition) is 0. The number of pyridine rings is 1. The van der Waals surface area contributed by atoms with E-state index in [-0.39, 0.29) is 6.10 Å². The van der Waals surface area contributed by atoms with E-state index in [1.807, 2.05) is 19.9 Å². The summed E-state index contributed by atoms with van der Waals surface area (Å²) in [6.45, 7) is 5.16. The van der Waals surface area contributed by atoms with E-state index in [0.29, 0.717) is 13.2 Å². The fraction of sp³-hybridized carbons (Fsp3) is 0.500. The first-order valence-electron chi connectivity index (χ1n) is 4.54. The van der Waals surface area contributed by atoms with Crippen molar-refractivity contribution in [2.24, 2.45) is 0 Å². The van der Waals surface area contributed by atoms with E-state index in [1.165, 1.54) is 0 Å². The second-order valence-corrected chi connectivity index (χ2v) is 3.93. The number of aromatic nitrogens is 1. The molecule has 4 heteroatoms.